The van der Waals surface area contributed by atoms with E-state index >= 15 is 0 Å². The molecule has 5 heteroatoms. The molecule has 0 bridgehead atoms. The van der Waals surface area contributed by atoms with Crippen LogP contribution in [0.2, 0.25) is 0 Å². The lowest BCUT2D eigenvalue weighted by molar-refractivity contribution is -0.121. The summed E-state index contributed by atoms with van der Waals surface area (Å²) in [7, 11) is 1.82. The number of aryl methyl sites for hydroxylation is 1. The highest BCUT2D eigenvalue weighted by Crippen LogP contribution is 1.93. The maximum Gasteiger partial charge on any atom is 0.221 e. The minimum Gasteiger partial charge on any atom is -0.350 e. The molecule has 0 saturated heterocycles. The average molecular weight is 208 g/mol. The molecule has 0 aromatic carbocycles. The van der Waals surface area contributed by atoms with Crippen molar-refractivity contribution in [3.05, 3.63) is 23.8 Å². The number of aromatic nitrogens is 2. The quantitative estimate of drug-likeness (QED) is 0.715. The topological polar surface area (TPSA) is 66.9 Å². The van der Waals surface area contributed by atoms with Crippen LogP contribution in [0.15, 0.2) is 12.4 Å². The van der Waals surface area contributed by atoms with Gasteiger partial charge in [-0.2, -0.15) is 0 Å². The number of rotatable bonds is 5. The molecule has 0 atom stereocenters. The molecule has 82 valence electrons. The van der Waals surface area contributed by atoms with Gasteiger partial charge in [-0.05, 0) is 14.0 Å². The molecule has 0 fully saturated rings. The number of hydrogen-bond donors (Lipinski definition) is 2. The van der Waals surface area contributed by atoms with Gasteiger partial charge in [-0.3, -0.25) is 14.8 Å². The Morgan fingerprint density at radius 1 is 1.40 bits per heavy atom. The highest BCUT2D eigenvalue weighted by Gasteiger charge is 2.00. The zero-order valence-corrected chi connectivity index (χ0v) is 9.08. The van der Waals surface area contributed by atoms with Crippen molar-refractivity contribution in [3.8, 4) is 0 Å². The first-order valence-electron chi connectivity index (χ1n) is 4.91. The van der Waals surface area contributed by atoms with Gasteiger partial charge in [-0.1, -0.05) is 0 Å². The van der Waals surface area contributed by atoms with Crippen LogP contribution in [0.25, 0.3) is 0 Å². The molecule has 0 spiro atoms. The van der Waals surface area contributed by atoms with Crippen LogP contribution < -0.4 is 10.6 Å². The molecule has 0 saturated carbocycles. The molecule has 0 radical (unpaired) electrons. The first-order valence-corrected chi connectivity index (χ1v) is 4.91. The van der Waals surface area contributed by atoms with Gasteiger partial charge in [0, 0.05) is 19.2 Å². The Hall–Kier alpha value is -1.49. The summed E-state index contributed by atoms with van der Waals surface area (Å²) in [6.45, 7) is 3.00. The van der Waals surface area contributed by atoms with Crippen molar-refractivity contribution < 1.29 is 4.79 Å². The second-order valence-corrected chi connectivity index (χ2v) is 3.28. The average Bonchev–Trinajstić information content (AvgIpc) is 2.25. The second-order valence-electron chi connectivity index (χ2n) is 3.28. The maximum absolute atomic E-state index is 11.2. The Morgan fingerprint density at radius 3 is 2.80 bits per heavy atom. The van der Waals surface area contributed by atoms with E-state index in [2.05, 4.69) is 20.6 Å². The number of amides is 1. The van der Waals surface area contributed by atoms with Gasteiger partial charge in [0.25, 0.3) is 0 Å². The Kier molecular flexibility index (Phi) is 4.70. The zero-order chi connectivity index (χ0) is 11.1. The van der Waals surface area contributed by atoms with Crippen molar-refractivity contribution in [3.63, 3.8) is 0 Å². The highest BCUT2D eigenvalue weighted by atomic mass is 16.1. The predicted molar refractivity (Wildman–Crippen MR) is 57.2 cm³/mol. The third-order valence-electron chi connectivity index (χ3n) is 1.90. The molecule has 1 aromatic rings. The predicted octanol–water partition coefficient (Wildman–Crippen LogP) is 0.0107. The molecule has 1 heterocycles. The van der Waals surface area contributed by atoms with E-state index in [9.17, 15) is 4.79 Å². The van der Waals surface area contributed by atoms with E-state index in [1.807, 2.05) is 14.0 Å². The third-order valence-corrected chi connectivity index (χ3v) is 1.90. The molecule has 1 amide bonds. The van der Waals surface area contributed by atoms with Crippen molar-refractivity contribution >= 4 is 5.91 Å². The first kappa shape index (κ1) is 11.6. The molecule has 15 heavy (non-hydrogen) atoms. The van der Waals surface area contributed by atoms with Crippen LogP contribution in [0, 0.1) is 6.92 Å². The van der Waals surface area contributed by atoms with Gasteiger partial charge in [0.05, 0.1) is 24.1 Å². The number of nitrogens with zero attached hydrogens (tertiary/aromatic N) is 2. The fourth-order valence-electron chi connectivity index (χ4n) is 1.03. The van der Waals surface area contributed by atoms with E-state index < -0.39 is 0 Å². The number of carbonyl (C=O) groups excluding carboxylic acids is 1. The highest BCUT2D eigenvalue weighted by molar-refractivity contribution is 5.75. The van der Waals surface area contributed by atoms with Gasteiger partial charge < -0.3 is 10.6 Å². The van der Waals surface area contributed by atoms with Crippen LogP contribution in [0.3, 0.4) is 0 Å². The Morgan fingerprint density at radius 2 is 2.20 bits per heavy atom. The largest absolute Gasteiger partial charge is 0.350 e. The number of nitrogens with one attached hydrogen (secondary N) is 2. The van der Waals surface area contributed by atoms with Crippen molar-refractivity contribution in [2.24, 2.45) is 0 Å². The maximum atomic E-state index is 11.2. The van der Waals surface area contributed by atoms with Gasteiger partial charge >= 0.3 is 0 Å². The Labute approximate surface area is 89.3 Å². The molecule has 5 nitrogen and oxygen atoms in total. The summed E-state index contributed by atoms with van der Waals surface area (Å²) in [6.07, 6.45) is 3.85. The fourth-order valence-corrected chi connectivity index (χ4v) is 1.03. The molecule has 2 N–H and O–H groups in total. The summed E-state index contributed by atoms with van der Waals surface area (Å²) in [5.41, 5.74) is 1.65. The van der Waals surface area contributed by atoms with Gasteiger partial charge in [-0.15, -0.1) is 0 Å². The molecule has 0 aliphatic heterocycles. The van der Waals surface area contributed by atoms with Gasteiger partial charge in [0.1, 0.15) is 0 Å². The van der Waals surface area contributed by atoms with E-state index in [1.54, 1.807) is 12.4 Å². The summed E-state index contributed by atoms with van der Waals surface area (Å²) in [6, 6.07) is 0. The normalized spacial score (nSPS) is 10.0. The molecule has 1 rings (SSSR count). The molecule has 0 aliphatic carbocycles. The lowest BCUT2D eigenvalue weighted by Crippen LogP contribution is -2.26. The summed E-state index contributed by atoms with van der Waals surface area (Å²) in [5, 5.41) is 5.69. The van der Waals surface area contributed by atoms with Crippen LogP contribution in [0.1, 0.15) is 17.8 Å². The number of carbonyl (C=O) groups is 1. The summed E-state index contributed by atoms with van der Waals surface area (Å²) >= 11 is 0. The smallest absolute Gasteiger partial charge is 0.221 e. The summed E-state index contributed by atoms with van der Waals surface area (Å²) in [4.78, 5) is 19.5. The lowest BCUT2D eigenvalue weighted by Gasteiger charge is -2.04. The van der Waals surface area contributed by atoms with E-state index in [-0.39, 0.29) is 5.91 Å². The van der Waals surface area contributed by atoms with E-state index in [1.165, 1.54) is 0 Å². The third kappa shape index (κ3) is 4.51. The number of hydrogen-bond acceptors (Lipinski definition) is 4. The van der Waals surface area contributed by atoms with Crippen molar-refractivity contribution in [1.82, 2.24) is 20.6 Å². The lowest BCUT2D eigenvalue weighted by atomic mass is 10.3. The van der Waals surface area contributed by atoms with Gasteiger partial charge in [0.2, 0.25) is 5.91 Å². The molecular formula is C10H16N4O. The zero-order valence-electron chi connectivity index (χ0n) is 9.08. The molecule has 1 aromatic heterocycles. The SMILES string of the molecule is CNCCC(=O)NCc1cnc(C)cn1. The van der Waals surface area contributed by atoms with Crippen molar-refractivity contribution in [1.29, 1.82) is 0 Å². The Bertz CT molecular complexity index is 310. The second kappa shape index (κ2) is 6.08. The van der Waals surface area contributed by atoms with Gasteiger partial charge in [0.15, 0.2) is 0 Å². The molecule has 0 unspecified atom stereocenters. The van der Waals surface area contributed by atoms with E-state index in [0.717, 1.165) is 11.4 Å². The summed E-state index contributed by atoms with van der Waals surface area (Å²) in [5.74, 6) is 0.0201. The van der Waals surface area contributed by atoms with Crippen LogP contribution in [0.4, 0.5) is 0 Å². The van der Waals surface area contributed by atoms with E-state index in [0.29, 0.717) is 19.5 Å². The minimum absolute atomic E-state index is 0.0201. The van der Waals surface area contributed by atoms with E-state index in [4.69, 9.17) is 0 Å². The Balaban J connectivity index is 2.30. The minimum atomic E-state index is 0.0201. The van der Waals surface area contributed by atoms with Crippen LogP contribution in [-0.4, -0.2) is 29.5 Å². The standard InChI is InChI=1S/C10H16N4O/c1-8-5-13-9(6-12-8)7-14-10(15)3-4-11-2/h5-6,11H,3-4,7H2,1-2H3,(H,14,15). The first-order chi connectivity index (χ1) is 7.22. The van der Waals surface area contributed by atoms with Gasteiger partial charge in [-0.25, -0.2) is 0 Å². The van der Waals surface area contributed by atoms with Crippen molar-refractivity contribution in [2.45, 2.75) is 19.9 Å². The fraction of sp³-hybridized carbons (Fsp3) is 0.500. The monoisotopic (exact) mass is 208 g/mol. The van der Waals surface area contributed by atoms with Crippen LogP contribution in [0.5, 0.6) is 0 Å². The van der Waals surface area contributed by atoms with Crippen LogP contribution in [-0.2, 0) is 11.3 Å². The van der Waals surface area contributed by atoms with Crippen molar-refractivity contribution in [2.75, 3.05) is 13.6 Å². The summed E-state index contributed by atoms with van der Waals surface area (Å²) < 4.78 is 0. The van der Waals surface area contributed by atoms with Crippen LogP contribution >= 0.6 is 0 Å². The molecule has 0 aliphatic rings. The molecular weight excluding hydrogens is 192 g/mol.